The molecule has 4 heteroatoms. The average Bonchev–Trinajstić information content (AvgIpc) is 3.13. The van der Waals surface area contributed by atoms with E-state index >= 15 is 0 Å². The molecule has 0 atom stereocenters. The van der Waals surface area contributed by atoms with E-state index in [0.29, 0.717) is 11.2 Å². The van der Waals surface area contributed by atoms with Gasteiger partial charge in [-0.05, 0) is 59.5 Å². The molecule has 0 bridgehead atoms. The van der Waals surface area contributed by atoms with Gasteiger partial charge in [-0.15, -0.1) is 0 Å². The first-order chi connectivity index (χ1) is 7.74. The summed E-state index contributed by atoms with van der Waals surface area (Å²) in [5.74, 6) is 1.73. The molecule has 1 heterocycles. The highest BCUT2D eigenvalue weighted by atomic mass is 79.9. The third kappa shape index (κ3) is 2.35. The second-order valence-corrected chi connectivity index (χ2v) is 6.11. The van der Waals surface area contributed by atoms with Gasteiger partial charge in [0.2, 0.25) is 0 Å². The Balaban J connectivity index is 1.78. The summed E-state index contributed by atoms with van der Waals surface area (Å²) in [5.41, 5.74) is 0.972. The predicted molar refractivity (Wildman–Crippen MR) is 69.8 cm³/mol. The molecule has 2 fully saturated rings. The first kappa shape index (κ1) is 10.8. The molecule has 86 valence electrons. The lowest BCUT2D eigenvalue weighted by Gasteiger charge is -2.19. The Morgan fingerprint density at radius 3 is 2.50 bits per heavy atom. The van der Waals surface area contributed by atoms with Crippen LogP contribution in [0.5, 0.6) is 0 Å². The summed E-state index contributed by atoms with van der Waals surface area (Å²) >= 11 is 9.53. The maximum Gasteiger partial charge on any atom is 0.152 e. The lowest BCUT2D eigenvalue weighted by Crippen LogP contribution is -2.24. The van der Waals surface area contributed by atoms with Gasteiger partial charge < -0.3 is 5.32 Å². The quantitative estimate of drug-likeness (QED) is 0.847. The molecule has 2 aliphatic carbocycles. The highest BCUT2D eigenvalue weighted by Gasteiger charge is 2.41. The summed E-state index contributed by atoms with van der Waals surface area (Å²) in [4.78, 5) is 4.15. The van der Waals surface area contributed by atoms with E-state index in [2.05, 4.69) is 26.2 Å². The smallest absolute Gasteiger partial charge is 0.152 e. The SMILES string of the molecule is Clc1ncc(Br)cc1NC(C1CC1)C1CC1. The topological polar surface area (TPSA) is 24.9 Å². The van der Waals surface area contributed by atoms with E-state index in [-0.39, 0.29) is 0 Å². The van der Waals surface area contributed by atoms with Crippen LogP contribution in [0.3, 0.4) is 0 Å². The van der Waals surface area contributed by atoms with E-state index in [1.54, 1.807) is 6.20 Å². The monoisotopic (exact) mass is 300 g/mol. The van der Waals surface area contributed by atoms with Crippen LogP contribution in [0.1, 0.15) is 25.7 Å². The summed E-state index contributed by atoms with van der Waals surface area (Å²) in [6.07, 6.45) is 7.21. The molecule has 0 aliphatic heterocycles. The number of nitrogens with zero attached hydrogens (tertiary/aromatic N) is 1. The van der Waals surface area contributed by atoms with Crippen molar-refractivity contribution in [1.29, 1.82) is 0 Å². The Morgan fingerprint density at radius 2 is 1.94 bits per heavy atom. The van der Waals surface area contributed by atoms with Crippen molar-refractivity contribution in [3.05, 3.63) is 21.9 Å². The van der Waals surface area contributed by atoms with Crippen LogP contribution < -0.4 is 5.32 Å². The van der Waals surface area contributed by atoms with Gasteiger partial charge in [0.1, 0.15) is 0 Å². The number of pyridine rings is 1. The summed E-state index contributed by atoms with van der Waals surface area (Å²) in [7, 11) is 0. The van der Waals surface area contributed by atoms with Crippen molar-refractivity contribution in [1.82, 2.24) is 4.98 Å². The number of rotatable bonds is 4. The molecule has 0 spiro atoms. The molecule has 2 aliphatic rings. The van der Waals surface area contributed by atoms with E-state index in [1.165, 1.54) is 25.7 Å². The van der Waals surface area contributed by atoms with Crippen LogP contribution in [0.15, 0.2) is 16.7 Å². The van der Waals surface area contributed by atoms with Crippen molar-refractivity contribution in [2.24, 2.45) is 11.8 Å². The average molecular weight is 302 g/mol. The third-order valence-electron chi connectivity index (χ3n) is 3.39. The summed E-state index contributed by atoms with van der Waals surface area (Å²) < 4.78 is 0.977. The molecule has 0 aromatic carbocycles. The summed E-state index contributed by atoms with van der Waals surface area (Å²) in [6.45, 7) is 0. The number of halogens is 2. The molecule has 3 rings (SSSR count). The minimum atomic E-state index is 0.578. The zero-order valence-electron chi connectivity index (χ0n) is 8.92. The Kier molecular flexibility index (Phi) is 2.84. The van der Waals surface area contributed by atoms with Crippen LogP contribution in [-0.2, 0) is 0 Å². The molecule has 0 saturated heterocycles. The molecule has 0 amide bonds. The molecule has 2 nitrogen and oxygen atoms in total. The Hall–Kier alpha value is -0.280. The third-order valence-corrected chi connectivity index (χ3v) is 4.12. The number of hydrogen-bond donors (Lipinski definition) is 1. The molecule has 0 unspecified atom stereocenters. The zero-order valence-corrected chi connectivity index (χ0v) is 11.3. The molecule has 1 N–H and O–H groups in total. The Bertz CT molecular complexity index is 390. The van der Waals surface area contributed by atoms with E-state index in [0.717, 1.165) is 22.0 Å². The number of aromatic nitrogens is 1. The standard InChI is InChI=1S/C12H14BrClN2/c13-9-5-10(12(14)15-6-9)16-11(7-1-2-7)8-3-4-8/h5-8,11,16H,1-4H2. The minimum absolute atomic E-state index is 0.578. The molecule has 0 radical (unpaired) electrons. The van der Waals surface area contributed by atoms with Crippen molar-refractivity contribution < 1.29 is 0 Å². The predicted octanol–water partition coefficient (Wildman–Crippen LogP) is 4.10. The van der Waals surface area contributed by atoms with Gasteiger partial charge in [-0.1, -0.05) is 11.6 Å². The van der Waals surface area contributed by atoms with Crippen LogP contribution >= 0.6 is 27.5 Å². The highest BCUT2D eigenvalue weighted by Crippen LogP contribution is 2.46. The maximum atomic E-state index is 6.10. The summed E-state index contributed by atoms with van der Waals surface area (Å²) in [6, 6.07) is 2.64. The molecular formula is C12H14BrClN2. The second kappa shape index (κ2) is 4.19. The fourth-order valence-corrected chi connectivity index (χ4v) is 2.72. The fourth-order valence-electron chi connectivity index (χ4n) is 2.23. The number of anilines is 1. The van der Waals surface area contributed by atoms with Crippen molar-refractivity contribution in [3.8, 4) is 0 Å². The second-order valence-electron chi connectivity index (χ2n) is 4.84. The van der Waals surface area contributed by atoms with Crippen LogP contribution in [0.4, 0.5) is 5.69 Å². The van der Waals surface area contributed by atoms with Gasteiger partial charge in [0.15, 0.2) is 5.15 Å². The van der Waals surface area contributed by atoms with E-state index in [1.807, 2.05) is 6.07 Å². The Labute approximate surface area is 109 Å². The first-order valence-electron chi connectivity index (χ1n) is 5.81. The molecule has 16 heavy (non-hydrogen) atoms. The first-order valence-corrected chi connectivity index (χ1v) is 6.99. The number of hydrogen-bond acceptors (Lipinski definition) is 2. The number of nitrogens with one attached hydrogen (secondary N) is 1. The van der Waals surface area contributed by atoms with Gasteiger partial charge in [0.25, 0.3) is 0 Å². The minimum Gasteiger partial charge on any atom is -0.379 e. The Morgan fingerprint density at radius 1 is 1.31 bits per heavy atom. The van der Waals surface area contributed by atoms with Gasteiger partial charge in [0.05, 0.1) is 5.69 Å². The molecule has 1 aromatic rings. The van der Waals surface area contributed by atoms with E-state index in [4.69, 9.17) is 11.6 Å². The van der Waals surface area contributed by atoms with Gasteiger partial charge in [-0.3, -0.25) is 0 Å². The van der Waals surface area contributed by atoms with Crippen LogP contribution in [0.25, 0.3) is 0 Å². The zero-order chi connectivity index (χ0) is 11.1. The van der Waals surface area contributed by atoms with E-state index in [9.17, 15) is 0 Å². The van der Waals surface area contributed by atoms with E-state index < -0.39 is 0 Å². The van der Waals surface area contributed by atoms with Gasteiger partial charge in [-0.25, -0.2) is 4.98 Å². The maximum absolute atomic E-state index is 6.10. The van der Waals surface area contributed by atoms with Crippen molar-refractivity contribution >= 4 is 33.2 Å². The van der Waals surface area contributed by atoms with Gasteiger partial charge in [0, 0.05) is 16.7 Å². The lowest BCUT2D eigenvalue weighted by atomic mass is 10.1. The van der Waals surface area contributed by atoms with Crippen LogP contribution in [0, 0.1) is 11.8 Å². The largest absolute Gasteiger partial charge is 0.379 e. The van der Waals surface area contributed by atoms with Gasteiger partial charge in [-0.2, -0.15) is 0 Å². The van der Waals surface area contributed by atoms with Crippen molar-refractivity contribution in [3.63, 3.8) is 0 Å². The summed E-state index contributed by atoms with van der Waals surface area (Å²) in [5, 5.41) is 4.17. The molecular weight excluding hydrogens is 288 g/mol. The van der Waals surface area contributed by atoms with Crippen LogP contribution in [-0.4, -0.2) is 11.0 Å². The van der Waals surface area contributed by atoms with Crippen molar-refractivity contribution in [2.75, 3.05) is 5.32 Å². The van der Waals surface area contributed by atoms with Crippen molar-refractivity contribution in [2.45, 2.75) is 31.7 Å². The molecule has 1 aromatic heterocycles. The lowest BCUT2D eigenvalue weighted by molar-refractivity contribution is 0.567. The molecule has 2 saturated carbocycles. The van der Waals surface area contributed by atoms with Gasteiger partial charge >= 0.3 is 0 Å². The van der Waals surface area contributed by atoms with Crippen LogP contribution in [0.2, 0.25) is 5.15 Å². The normalized spacial score (nSPS) is 20.2. The fraction of sp³-hybridized carbons (Fsp3) is 0.583. The highest BCUT2D eigenvalue weighted by molar-refractivity contribution is 9.10.